The van der Waals surface area contributed by atoms with Gasteiger partial charge in [-0.15, -0.1) is 0 Å². The van der Waals surface area contributed by atoms with Gasteiger partial charge in [-0.1, -0.05) is 30.3 Å². The summed E-state index contributed by atoms with van der Waals surface area (Å²) in [6, 6.07) is 17.6. The van der Waals surface area contributed by atoms with Gasteiger partial charge >= 0.3 is 0 Å². The predicted octanol–water partition coefficient (Wildman–Crippen LogP) is 3.97. The Morgan fingerprint density at radius 2 is 1.87 bits per heavy atom. The van der Waals surface area contributed by atoms with Gasteiger partial charge in [0.15, 0.2) is 0 Å². The summed E-state index contributed by atoms with van der Waals surface area (Å²) in [5, 5.41) is 2.66. The standard InChI is InChI=1S/C23H18FN3O3/c1-15-7-6-12-27-21(28)13-16(25-22(15)27)14-30-20-11-5-4-10-19(20)26-23(29)17-8-2-3-9-18(17)24/h2-13H,14H2,1H3,(H,26,29). The maximum atomic E-state index is 13.9. The van der Waals surface area contributed by atoms with E-state index in [4.69, 9.17) is 4.74 Å². The highest BCUT2D eigenvalue weighted by Gasteiger charge is 2.14. The largest absolute Gasteiger partial charge is 0.485 e. The minimum absolute atomic E-state index is 0.0344. The summed E-state index contributed by atoms with van der Waals surface area (Å²) in [4.78, 5) is 29.3. The zero-order valence-electron chi connectivity index (χ0n) is 16.1. The van der Waals surface area contributed by atoms with Gasteiger partial charge in [0.1, 0.15) is 23.8 Å². The number of nitrogens with one attached hydrogen (secondary N) is 1. The first-order valence-electron chi connectivity index (χ1n) is 9.28. The van der Waals surface area contributed by atoms with E-state index in [1.165, 1.54) is 28.7 Å². The Hall–Kier alpha value is -4.00. The maximum absolute atomic E-state index is 13.9. The smallest absolute Gasteiger partial charge is 0.258 e. The van der Waals surface area contributed by atoms with Crippen molar-refractivity contribution in [3.63, 3.8) is 0 Å². The van der Waals surface area contributed by atoms with Crippen LogP contribution in [0.2, 0.25) is 0 Å². The van der Waals surface area contributed by atoms with Crippen LogP contribution in [-0.2, 0) is 6.61 Å². The SMILES string of the molecule is Cc1cccn2c(=O)cc(COc3ccccc3NC(=O)c3ccccc3F)nc12. The third-order valence-corrected chi connectivity index (χ3v) is 4.57. The van der Waals surface area contributed by atoms with Crippen molar-refractivity contribution in [1.82, 2.24) is 9.38 Å². The quantitative estimate of drug-likeness (QED) is 0.547. The van der Waals surface area contributed by atoms with Crippen molar-refractivity contribution < 1.29 is 13.9 Å². The number of rotatable bonds is 5. The molecule has 6 nitrogen and oxygen atoms in total. The molecule has 2 heterocycles. The molecule has 0 bridgehead atoms. The number of ether oxygens (including phenoxy) is 1. The highest BCUT2D eigenvalue weighted by atomic mass is 19.1. The minimum Gasteiger partial charge on any atom is -0.485 e. The number of fused-ring (bicyclic) bond motifs is 1. The van der Waals surface area contributed by atoms with Crippen molar-refractivity contribution in [3.8, 4) is 5.75 Å². The maximum Gasteiger partial charge on any atom is 0.258 e. The number of anilines is 1. The zero-order valence-corrected chi connectivity index (χ0v) is 16.1. The average molecular weight is 403 g/mol. The summed E-state index contributed by atoms with van der Waals surface area (Å²) in [6.07, 6.45) is 1.66. The van der Waals surface area contributed by atoms with Gasteiger partial charge in [0.2, 0.25) is 0 Å². The number of hydrogen-bond acceptors (Lipinski definition) is 4. The van der Waals surface area contributed by atoms with Crippen molar-refractivity contribution in [2.45, 2.75) is 13.5 Å². The van der Waals surface area contributed by atoms with Crippen LogP contribution in [0.1, 0.15) is 21.6 Å². The van der Waals surface area contributed by atoms with Crippen LogP contribution in [0, 0.1) is 12.7 Å². The Kier molecular flexibility index (Phi) is 5.26. The molecule has 0 fully saturated rings. The number of aromatic nitrogens is 2. The van der Waals surface area contributed by atoms with Gasteiger partial charge in [0.25, 0.3) is 11.5 Å². The van der Waals surface area contributed by atoms with Gasteiger partial charge in [-0.05, 0) is 42.8 Å². The number of aryl methyl sites for hydroxylation is 1. The minimum atomic E-state index is -0.607. The van der Waals surface area contributed by atoms with Crippen molar-refractivity contribution >= 4 is 17.2 Å². The molecule has 4 aromatic rings. The van der Waals surface area contributed by atoms with E-state index in [1.807, 2.05) is 13.0 Å². The van der Waals surface area contributed by atoms with Gasteiger partial charge < -0.3 is 10.1 Å². The molecule has 150 valence electrons. The topological polar surface area (TPSA) is 72.7 Å². The molecule has 2 aromatic heterocycles. The van der Waals surface area contributed by atoms with Crippen LogP contribution in [-0.4, -0.2) is 15.3 Å². The number of pyridine rings is 1. The van der Waals surface area contributed by atoms with E-state index < -0.39 is 11.7 Å². The molecule has 0 aliphatic heterocycles. The Morgan fingerprint density at radius 1 is 1.10 bits per heavy atom. The highest BCUT2D eigenvalue weighted by Crippen LogP contribution is 2.25. The predicted molar refractivity (Wildman–Crippen MR) is 111 cm³/mol. The van der Waals surface area contributed by atoms with Crippen LogP contribution in [0.15, 0.2) is 77.7 Å². The third-order valence-electron chi connectivity index (χ3n) is 4.57. The van der Waals surface area contributed by atoms with E-state index in [0.29, 0.717) is 22.8 Å². The molecule has 0 saturated heterocycles. The number of halogens is 1. The van der Waals surface area contributed by atoms with Crippen molar-refractivity contribution in [2.75, 3.05) is 5.32 Å². The molecule has 0 aliphatic carbocycles. The molecule has 4 rings (SSSR count). The fourth-order valence-electron chi connectivity index (χ4n) is 3.07. The van der Waals surface area contributed by atoms with E-state index in [9.17, 15) is 14.0 Å². The first-order chi connectivity index (χ1) is 14.5. The van der Waals surface area contributed by atoms with Crippen LogP contribution in [0.5, 0.6) is 5.75 Å². The molecular formula is C23H18FN3O3. The molecule has 0 saturated carbocycles. The first-order valence-corrected chi connectivity index (χ1v) is 9.28. The summed E-state index contributed by atoms with van der Waals surface area (Å²) in [5.41, 5.74) is 2.01. The molecule has 1 amide bonds. The average Bonchev–Trinajstić information content (AvgIpc) is 2.74. The summed E-state index contributed by atoms with van der Waals surface area (Å²) in [5.74, 6) is -0.805. The number of hydrogen-bond donors (Lipinski definition) is 1. The lowest BCUT2D eigenvalue weighted by Gasteiger charge is -2.13. The Labute approximate surface area is 171 Å². The van der Waals surface area contributed by atoms with Gasteiger partial charge in [-0.2, -0.15) is 0 Å². The Morgan fingerprint density at radius 3 is 2.70 bits per heavy atom. The molecule has 0 atom stereocenters. The second-order valence-electron chi connectivity index (χ2n) is 6.69. The Bertz CT molecular complexity index is 1300. The lowest BCUT2D eigenvalue weighted by atomic mass is 10.2. The Balaban J connectivity index is 1.56. The molecular weight excluding hydrogens is 385 g/mol. The molecule has 30 heavy (non-hydrogen) atoms. The lowest BCUT2D eigenvalue weighted by molar-refractivity contribution is 0.102. The number of para-hydroxylation sites is 2. The molecule has 0 aliphatic rings. The lowest BCUT2D eigenvalue weighted by Crippen LogP contribution is -2.17. The number of carbonyl (C=O) groups excluding carboxylic acids is 1. The first kappa shape index (κ1) is 19.3. The molecule has 2 aromatic carbocycles. The molecule has 7 heteroatoms. The van der Waals surface area contributed by atoms with Gasteiger partial charge in [0, 0.05) is 12.3 Å². The highest BCUT2D eigenvalue weighted by molar-refractivity contribution is 6.05. The molecule has 0 spiro atoms. The van der Waals surface area contributed by atoms with Crippen LogP contribution < -0.4 is 15.6 Å². The number of amides is 1. The molecule has 1 N–H and O–H groups in total. The summed E-state index contributed by atoms with van der Waals surface area (Å²) < 4.78 is 21.2. The number of nitrogens with zero attached hydrogens (tertiary/aromatic N) is 2. The normalized spacial score (nSPS) is 10.7. The van der Waals surface area contributed by atoms with E-state index in [2.05, 4.69) is 10.3 Å². The van der Waals surface area contributed by atoms with Gasteiger partial charge in [0.05, 0.1) is 16.9 Å². The van der Waals surface area contributed by atoms with Crippen LogP contribution in [0.4, 0.5) is 10.1 Å². The fourth-order valence-corrected chi connectivity index (χ4v) is 3.07. The van der Waals surface area contributed by atoms with E-state index in [-0.39, 0.29) is 17.7 Å². The fraction of sp³-hybridized carbons (Fsp3) is 0.0870. The van der Waals surface area contributed by atoms with E-state index >= 15 is 0 Å². The van der Waals surface area contributed by atoms with Crippen LogP contribution >= 0.6 is 0 Å². The molecule has 0 unspecified atom stereocenters. The van der Waals surface area contributed by atoms with Crippen LogP contribution in [0.25, 0.3) is 5.65 Å². The van der Waals surface area contributed by atoms with Crippen molar-refractivity contribution in [2.24, 2.45) is 0 Å². The molecule has 0 radical (unpaired) electrons. The second-order valence-corrected chi connectivity index (χ2v) is 6.69. The second kappa shape index (κ2) is 8.16. The number of carbonyl (C=O) groups is 1. The van der Waals surface area contributed by atoms with Crippen molar-refractivity contribution in [3.05, 3.63) is 106 Å². The summed E-state index contributed by atoms with van der Waals surface area (Å²) in [7, 11) is 0. The summed E-state index contributed by atoms with van der Waals surface area (Å²) in [6.45, 7) is 1.91. The monoisotopic (exact) mass is 403 g/mol. The summed E-state index contributed by atoms with van der Waals surface area (Å²) >= 11 is 0. The third kappa shape index (κ3) is 3.91. The van der Waals surface area contributed by atoms with E-state index in [1.54, 1.807) is 42.6 Å². The van der Waals surface area contributed by atoms with Gasteiger partial charge in [-0.25, -0.2) is 9.37 Å². The van der Waals surface area contributed by atoms with Crippen molar-refractivity contribution in [1.29, 1.82) is 0 Å². The van der Waals surface area contributed by atoms with Gasteiger partial charge in [-0.3, -0.25) is 14.0 Å². The zero-order chi connectivity index (χ0) is 21.1. The van der Waals surface area contributed by atoms with E-state index in [0.717, 1.165) is 5.56 Å². The van der Waals surface area contributed by atoms with Crippen LogP contribution in [0.3, 0.4) is 0 Å². The number of benzene rings is 2.